The molecule has 5 nitrogen and oxygen atoms in total. The van der Waals surface area contributed by atoms with Crippen molar-refractivity contribution in [2.75, 3.05) is 5.32 Å². The summed E-state index contributed by atoms with van der Waals surface area (Å²) in [6.07, 6.45) is -0.956. The van der Waals surface area contributed by atoms with E-state index in [2.05, 4.69) is 10.3 Å². The van der Waals surface area contributed by atoms with Crippen molar-refractivity contribution in [1.29, 1.82) is 0 Å². The van der Waals surface area contributed by atoms with Crippen LogP contribution in [0.5, 0.6) is 0 Å². The topological polar surface area (TPSA) is 68.3 Å². The maximum Gasteiger partial charge on any atom is 0.338 e. The summed E-state index contributed by atoms with van der Waals surface area (Å²) in [7, 11) is 0. The van der Waals surface area contributed by atoms with Crippen molar-refractivity contribution in [3.63, 3.8) is 0 Å². The van der Waals surface area contributed by atoms with Gasteiger partial charge in [0.05, 0.1) is 27.5 Å². The molecule has 0 aliphatic heterocycles. The lowest BCUT2D eigenvalue weighted by Gasteiger charge is -2.14. The molecule has 3 aromatic rings. The lowest BCUT2D eigenvalue weighted by molar-refractivity contribution is -0.123. The van der Waals surface area contributed by atoms with Crippen LogP contribution in [0.25, 0.3) is 0 Å². The van der Waals surface area contributed by atoms with Gasteiger partial charge in [0.1, 0.15) is 0 Å². The molecule has 3 rings (SSSR count). The number of rotatable bonds is 7. The Kier molecular flexibility index (Phi) is 7.08. The van der Waals surface area contributed by atoms with Gasteiger partial charge in [-0.25, -0.2) is 9.78 Å². The second-order valence-electron chi connectivity index (χ2n) is 5.81. The Morgan fingerprint density at radius 1 is 1.21 bits per heavy atom. The summed E-state index contributed by atoms with van der Waals surface area (Å²) < 4.78 is 5.26. The zero-order valence-corrected chi connectivity index (χ0v) is 17.3. The van der Waals surface area contributed by atoms with Crippen molar-refractivity contribution < 1.29 is 14.3 Å². The van der Waals surface area contributed by atoms with Crippen LogP contribution in [0.4, 0.5) is 5.69 Å². The van der Waals surface area contributed by atoms with Crippen molar-refractivity contribution in [3.05, 3.63) is 75.7 Å². The maximum absolute atomic E-state index is 12.3. The van der Waals surface area contributed by atoms with Gasteiger partial charge in [-0.1, -0.05) is 23.7 Å². The fourth-order valence-corrected chi connectivity index (χ4v) is 3.88. The second kappa shape index (κ2) is 9.73. The molecule has 1 N–H and O–H groups in total. The van der Waals surface area contributed by atoms with Crippen molar-refractivity contribution in [1.82, 2.24) is 4.98 Å². The Balaban J connectivity index is 1.53. The Morgan fingerprint density at radius 3 is 2.64 bits per heavy atom. The first kappa shape index (κ1) is 20.4. The molecule has 1 aromatic heterocycles. The fourth-order valence-electron chi connectivity index (χ4n) is 2.23. The monoisotopic (exact) mass is 432 g/mol. The Morgan fingerprint density at radius 2 is 1.96 bits per heavy atom. The minimum absolute atomic E-state index is 0.385. The van der Waals surface area contributed by atoms with Gasteiger partial charge in [0.15, 0.2) is 6.10 Å². The SMILES string of the molecule is CC(OC(=O)c1ccc(SCc2cscn2)cc1)C(=O)Nc1ccccc1Cl. The molecule has 8 heteroatoms. The van der Waals surface area contributed by atoms with Gasteiger partial charge in [-0.15, -0.1) is 23.1 Å². The van der Waals surface area contributed by atoms with E-state index in [0.29, 0.717) is 16.3 Å². The molecule has 0 spiro atoms. The first-order valence-electron chi connectivity index (χ1n) is 8.39. The first-order chi connectivity index (χ1) is 13.5. The number of esters is 1. The number of carbonyl (C=O) groups excluding carboxylic acids is 2. The number of nitrogens with one attached hydrogen (secondary N) is 1. The van der Waals surface area contributed by atoms with E-state index < -0.39 is 18.0 Å². The molecule has 0 fully saturated rings. The lowest BCUT2D eigenvalue weighted by Crippen LogP contribution is -2.30. The number of thioether (sulfide) groups is 1. The molecule has 1 atom stereocenters. The maximum atomic E-state index is 12.3. The summed E-state index contributed by atoms with van der Waals surface area (Å²) in [5.41, 5.74) is 3.68. The average Bonchev–Trinajstić information content (AvgIpc) is 3.22. The number of carbonyl (C=O) groups is 2. The molecule has 2 aromatic carbocycles. The van der Waals surface area contributed by atoms with Gasteiger partial charge >= 0.3 is 5.97 Å². The molecule has 28 heavy (non-hydrogen) atoms. The fraction of sp³-hybridized carbons (Fsp3) is 0.150. The lowest BCUT2D eigenvalue weighted by atomic mass is 10.2. The van der Waals surface area contributed by atoms with Gasteiger partial charge in [-0.3, -0.25) is 4.79 Å². The highest BCUT2D eigenvalue weighted by atomic mass is 35.5. The number of para-hydroxylation sites is 1. The standard InChI is InChI=1S/C20H17ClN2O3S2/c1-13(19(24)23-18-5-3-2-4-17(18)21)26-20(25)14-6-8-16(9-7-14)28-11-15-10-27-12-22-15/h2-10,12-13H,11H2,1H3,(H,23,24). The largest absolute Gasteiger partial charge is 0.449 e. The number of hydrogen-bond acceptors (Lipinski definition) is 6. The molecular formula is C20H17ClN2O3S2. The van der Waals surface area contributed by atoms with Crippen LogP contribution in [0.1, 0.15) is 23.0 Å². The van der Waals surface area contributed by atoms with E-state index in [-0.39, 0.29) is 0 Å². The molecule has 0 bridgehead atoms. The van der Waals surface area contributed by atoms with E-state index in [9.17, 15) is 9.59 Å². The number of benzene rings is 2. The van der Waals surface area contributed by atoms with Crippen LogP contribution in [-0.4, -0.2) is 23.0 Å². The van der Waals surface area contributed by atoms with E-state index >= 15 is 0 Å². The molecule has 1 amide bonds. The zero-order valence-electron chi connectivity index (χ0n) is 14.9. The van der Waals surface area contributed by atoms with Crippen LogP contribution < -0.4 is 5.32 Å². The predicted octanol–water partition coefficient (Wildman–Crippen LogP) is 5.27. The third kappa shape index (κ3) is 5.58. The van der Waals surface area contributed by atoms with Gasteiger partial charge in [0.25, 0.3) is 5.91 Å². The highest BCUT2D eigenvalue weighted by molar-refractivity contribution is 7.98. The summed E-state index contributed by atoms with van der Waals surface area (Å²) >= 11 is 9.22. The Labute approximate surface area is 176 Å². The number of thiazole rings is 1. The number of hydrogen-bond donors (Lipinski definition) is 1. The number of halogens is 1. The zero-order chi connectivity index (χ0) is 19.9. The van der Waals surface area contributed by atoms with Crippen molar-refractivity contribution in [2.45, 2.75) is 23.7 Å². The van der Waals surface area contributed by atoms with Crippen LogP contribution in [0, 0.1) is 0 Å². The minimum Gasteiger partial charge on any atom is -0.449 e. The molecule has 144 valence electrons. The van der Waals surface area contributed by atoms with E-state index in [0.717, 1.165) is 16.3 Å². The number of nitrogens with zero attached hydrogens (tertiary/aromatic N) is 1. The predicted molar refractivity (Wildman–Crippen MR) is 113 cm³/mol. The average molecular weight is 433 g/mol. The van der Waals surface area contributed by atoms with Gasteiger partial charge in [0.2, 0.25) is 0 Å². The van der Waals surface area contributed by atoms with Gasteiger partial charge in [-0.2, -0.15) is 0 Å². The number of amides is 1. The van der Waals surface area contributed by atoms with Gasteiger partial charge in [-0.05, 0) is 43.3 Å². The summed E-state index contributed by atoms with van der Waals surface area (Å²) in [4.78, 5) is 29.8. The molecule has 0 aliphatic rings. The van der Waals surface area contributed by atoms with Gasteiger partial charge < -0.3 is 10.1 Å². The van der Waals surface area contributed by atoms with Crippen LogP contribution >= 0.6 is 34.7 Å². The van der Waals surface area contributed by atoms with E-state index in [4.69, 9.17) is 16.3 Å². The molecule has 1 heterocycles. The number of aromatic nitrogens is 1. The molecule has 0 radical (unpaired) electrons. The van der Waals surface area contributed by atoms with Gasteiger partial charge in [0, 0.05) is 16.0 Å². The molecular weight excluding hydrogens is 416 g/mol. The van der Waals surface area contributed by atoms with Crippen LogP contribution in [-0.2, 0) is 15.3 Å². The van der Waals surface area contributed by atoms with E-state index in [1.54, 1.807) is 65.0 Å². The summed E-state index contributed by atoms with van der Waals surface area (Å²) in [5, 5.41) is 5.07. The normalized spacial score (nSPS) is 11.6. The highest BCUT2D eigenvalue weighted by Crippen LogP contribution is 2.24. The minimum atomic E-state index is -0.956. The smallest absolute Gasteiger partial charge is 0.338 e. The van der Waals surface area contributed by atoms with Crippen LogP contribution in [0.3, 0.4) is 0 Å². The van der Waals surface area contributed by atoms with Crippen LogP contribution in [0.2, 0.25) is 5.02 Å². The third-order valence-electron chi connectivity index (χ3n) is 3.74. The molecule has 0 saturated heterocycles. The third-order valence-corrected chi connectivity index (χ3v) is 5.76. The molecule has 0 saturated carbocycles. The first-order valence-corrected chi connectivity index (χ1v) is 10.7. The number of ether oxygens (including phenoxy) is 1. The highest BCUT2D eigenvalue weighted by Gasteiger charge is 2.19. The second-order valence-corrected chi connectivity index (χ2v) is 7.98. The molecule has 0 aliphatic carbocycles. The Hall–Kier alpha value is -2.35. The summed E-state index contributed by atoms with van der Waals surface area (Å²) in [6, 6.07) is 13.9. The van der Waals surface area contributed by atoms with E-state index in [1.165, 1.54) is 6.92 Å². The van der Waals surface area contributed by atoms with Crippen molar-refractivity contribution in [2.24, 2.45) is 0 Å². The Bertz CT molecular complexity index is 946. The summed E-state index contributed by atoms with van der Waals surface area (Å²) in [5.74, 6) is -0.234. The van der Waals surface area contributed by atoms with E-state index in [1.807, 2.05) is 17.5 Å². The number of anilines is 1. The quantitative estimate of drug-likeness (QED) is 0.406. The van der Waals surface area contributed by atoms with Crippen molar-refractivity contribution >= 4 is 52.3 Å². The summed E-state index contributed by atoms with van der Waals surface area (Å²) in [6.45, 7) is 1.52. The van der Waals surface area contributed by atoms with Crippen LogP contribution in [0.15, 0.2) is 64.3 Å². The molecule has 1 unspecified atom stereocenters. The van der Waals surface area contributed by atoms with Crippen molar-refractivity contribution in [3.8, 4) is 0 Å².